The molecule has 1 heterocycles. The molecule has 24 heavy (non-hydrogen) atoms. The maximum atomic E-state index is 11.9. The fourth-order valence-electron chi connectivity index (χ4n) is 2.90. The Hall–Kier alpha value is -1.59. The first-order valence-electron chi connectivity index (χ1n) is 8.47. The smallest absolute Gasteiger partial charge is 0.221 e. The van der Waals surface area contributed by atoms with E-state index in [0.717, 1.165) is 37.2 Å². The van der Waals surface area contributed by atoms with Crippen molar-refractivity contribution in [2.75, 3.05) is 25.0 Å². The van der Waals surface area contributed by atoms with Gasteiger partial charge in [-0.3, -0.25) is 9.59 Å². The van der Waals surface area contributed by atoms with Crippen molar-refractivity contribution in [2.24, 2.45) is 5.92 Å². The quantitative estimate of drug-likeness (QED) is 0.705. The van der Waals surface area contributed by atoms with E-state index < -0.39 is 0 Å². The molecular formula is C18H28ClN3O2. The SMILES string of the molecule is CC(=O)Nc1ccc(CCNC(=O)CCC2CCNCC2)cc1.Cl. The van der Waals surface area contributed by atoms with Crippen molar-refractivity contribution in [1.29, 1.82) is 0 Å². The summed E-state index contributed by atoms with van der Waals surface area (Å²) in [5, 5.41) is 9.08. The van der Waals surface area contributed by atoms with Crippen molar-refractivity contribution in [3.63, 3.8) is 0 Å². The maximum Gasteiger partial charge on any atom is 0.221 e. The van der Waals surface area contributed by atoms with Gasteiger partial charge in [-0.1, -0.05) is 12.1 Å². The van der Waals surface area contributed by atoms with Crippen LogP contribution in [0.2, 0.25) is 0 Å². The molecule has 2 amide bonds. The zero-order valence-electron chi connectivity index (χ0n) is 14.3. The lowest BCUT2D eigenvalue weighted by molar-refractivity contribution is -0.121. The number of hydrogen-bond donors (Lipinski definition) is 3. The predicted molar refractivity (Wildman–Crippen MR) is 99.5 cm³/mol. The molecule has 0 aliphatic carbocycles. The van der Waals surface area contributed by atoms with Crippen LogP contribution in [0.1, 0.15) is 38.2 Å². The van der Waals surface area contributed by atoms with Gasteiger partial charge in [0.15, 0.2) is 0 Å². The van der Waals surface area contributed by atoms with Gasteiger partial charge in [-0.2, -0.15) is 0 Å². The lowest BCUT2D eigenvalue weighted by Gasteiger charge is -2.22. The number of nitrogens with one attached hydrogen (secondary N) is 3. The monoisotopic (exact) mass is 353 g/mol. The van der Waals surface area contributed by atoms with E-state index in [0.29, 0.717) is 18.9 Å². The molecule has 1 aromatic rings. The van der Waals surface area contributed by atoms with E-state index in [1.807, 2.05) is 24.3 Å². The predicted octanol–water partition coefficient (Wildman–Crippen LogP) is 2.51. The minimum absolute atomic E-state index is 0. The zero-order valence-corrected chi connectivity index (χ0v) is 15.1. The molecule has 3 N–H and O–H groups in total. The van der Waals surface area contributed by atoms with E-state index in [1.165, 1.54) is 19.8 Å². The van der Waals surface area contributed by atoms with E-state index in [2.05, 4.69) is 16.0 Å². The van der Waals surface area contributed by atoms with Gasteiger partial charge < -0.3 is 16.0 Å². The van der Waals surface area contributed by atoms with Crippen molar-refractivity contribution in [1.82, 2.24) is 10.6 Å². The summed E-state index contributed by atoms with van der Waals surface area (Å²) >= 11 is 0. The number of carbonyl (C=O) groups is 2. The van der Waals surface area contributed by atoms with Gasteiger partial charge in [0, 0.05) is 25.6 Å². The van der Waals surface area contributed by atoms with Crippen LogP contribution in [0.4, 0.5) is 5.69 Å². The molecule has 0 unspecified atom stereocenters. The van der Waals surface area contributed by atoms with E-state index in [1.54, 1.807) is 0 Å². The normalized spacial score (nSPS) is 14.5. The highest BCUT2D eigenvalue weighted by molar-refractivity contribution is 5.88. The molecule has 0 radical (unpaired) electrons. The Balaban J connectivity index is 0.00000288. The molecule has 0 atom stereocenters. The molecule has 134 valence electrons. The summed E-state index contributed by atoms with van der Waals surface area (Å²) in [5.74, 6) is 0.778. The summed E-state index contributed by atoms with van der Waals surface area (Å²) in [4.78, 5) is 22.8. The molecule has 2 rings (SSSR count). The Morgan fingerprint density at radius 3 is 2.46 bits per heavy atom. The Morgan fingerprint density at radius 2 is 1.83 bits per heavy atom. The second kappa shape index (κ2) is 11.0. The minimum Gasteiger partial charge on any atom is -0.356 e. The fourth-order valence-corrected chi connectivity index (χ4v) is 2.90. The van der Waals surface area contributed by atoms with Crippen LogP contribution in [0.5, 0.6) is 0 Å². The van der Waals surface area contributed by atoms with Crippen molar-refractivity contribution in [3.8, 4) is 0 Å². The zero-order chi connectivity index (χ0) is 16.5. The first kappa shape index (κ1) is 20.5. The topological polar surface area (TPSA) is 70.2 Å². The molecule has 1 fully saturated rings. The van der Waals surface area contributed by atoms with Gasteiger partial charge >= 0.3 is 0 Å². The number of piperidine rings is 1. The standard InChI is InChI=1S/C18H27N3O2.ClH/c1-14(22)21-17-5-2-15(3-6-17)10-13-20-18(23)7-4-16-8-11-19-12-9-16;/h2-3,5-6,16,19H,4,7-13H2,1H3,(H,20,23)(H,21,22);1H. The summed E-state index contributed by atoms with van der Waals surface area (Å²) in [6.45, 7) is 4.32. The molecule has 0 saturated carbocycles. The number of anilines is 1. The summed E-state index contributed by atoms with van der Waals surface area (Å²) in [6.07, 6.45) is 4.81. The number of hydrogen-bond acceptors (Lipinski definition) is 3. The highest BCUT2D eigenvalue weighted by Gasteiger charge is 2.14. The molecular weight excluding hydrogens is 326 g/mol. The van der Waals surface area contributed by atoms with Crippen LogP contribution in [0, 0.1) is 5.92 Å². The molecule has 1 saturated heterocycles. The third kappa shape index (κ3) is 7.79. The van der Waals surface area contributed by atoms with Crippen LogP contribution in [0.3, 0.4) is 0 Å². The van der Waals surface area contributed by atoms with Crippen LogP contribution < -0.4 is 16.0 Å². The van der Waals surface area contributed by atoms with Gasteiger partial charge in [0.1, 0.15) is 0 Å². The van der Waals surface area contributed by atoms with Gasteiger partial charge in [-0.15, -0.1) is 12.4 Å². The lowest BCUT2D eigenvalue weighted by atomic mass is 9.93. The average molecular weight is 354 g/mol. The van der Waals surface area contributed by atoms with Crippen molar-refractivity contribution < 1.29 is 9.59 Å². The minimum atomic E-state index is -0.0706. The van der Waals surface area contributed by atoms with Crippen molar-refractivity contribution >= 4 is 29.9 Å². The molecule has 0 spiro atoms. The Bertz CT molecular complexity index is 514. The molecule has 1 aromatic carbocycles. The van der Waals surface area contributed by atoms with E-state index >= 15 is 0 Å². The van der Waals surface area contributed by atoms with Gasteiger partial charge in [-0.25, -0.2) is 0 Å². The van der Waals surface area contributed by atoms with Crippen molar-refractivity contribution in [2.45, 2.75) is 39.0 Å². The maximum absolute atomic E-state index is 11.9. The summed E-state index contributed by atoms with van der Waals surface area (Å²) in [5.41, 5.74) is 1.95. The fraction of sp³-hybridized carbons (Fsp3) is 0.556. The van der Waals surface area contributed by atoms with E-state index in [4.69, 9.17) is 0 Å². The Kier molecular flexibility index (Phi) is 9.42. The summed E-state index contributed by atoms with van der Waals surface area (Å²) in [6, 6.07) is 7.73. The average Bonchev–Trinajstić information content (AvgIpc) is 2.55. The molecule has 6 heteroatoms. The van der Waals surface area contributed by atoms with Crippen LogP contribution in [-0.4, -0.2) is 31.4 Å². The molecule has 5 nitrogen and oxygen atoms in total. The van der Waals surface area contributed by atoms with Gasteiger partial charge in [0.05, 0.1) is 0 Å². The van der Waals surface area contributed by atoms with Crippen LogP contribution >= 0.6 is 12.4 Å². The largest absolute Gasteiger partial charge is 0.356 e. The van der Waals surface area contributed by atoms with E-state index in [9.17, 15) is 9.59 Å². The molecule has 0 bridgehead atoms. The third-order valence-electron chi connectivity index (χ3n) is 4.25. The highest BCUT2D eigenvalue weighted by Crippen LogP contribution is 2.17. The number of amides is 2. The Labute approximate surface area is 150 Å². The van der Waals surface area contributed by atoms with E-state index in [-0.39, 0.29) is 24.2 Å². The Morgan fingerprint density at radius 1 is 1.17 bits per heavy atom. The number of halogens is 1. The van der Waals surface area contributed by atoms with Crippen LogP contribution in [0.15, 0.2) is 24.3 Å². The highest BCUT2D eigenvalue weighted by atomic mass is 35.5. The van der Waals surface area contributed by atoms with Crippen molar-refractivity contribution in [3.05, 3.63) is 29.8 Å². The molecule has 0 aromatic heterocycles. The number of carbonyl (C=O) groups excluding carboxylic acids is 2. The second-order valence-corrected chi connectivity index (χ2v) is 6.21. The van der Waals surface area contributed by atoms with Gasteiger partial charge in [-0.05, 0) is 62.4 Å². The molecule has 1 aliphatic rings. The van der Waals surface area contributed by atoms with Crippen LogP contribution in [0.25, 0.3) is 0 Å². The number of rotatable bonds is 7. The number of benzene rings is 1. The molecule has 1 aliphatic heterocycles. The first-order chi connectivity index (χ1) is 11.1. The first-order valence-corrected chi connectivity index (χ1v) is 8.47. The van der Waals surface area contributed by atoms with Gasteiger partial charge in [0.2, 0.25) is 11.8 Å². The van der Waals surface area contributed by atoms with Crippen LogP contribution in [-0.2, 0) is 16.0 Å². The lowest BCUT2D eigenvalue weighted by Crippen LogP contribution is -2.30. The second-order valence-electron chi connectivity index (χ2n) is 6.21. The summed E-state index contributed by atoms with van der Waals surface area (Å²) in [7, 11) is 0. The summed E-state index contributed by atoms with van der Waals surface area (Å²) < 4.78 is 0. The third-order valence-corrected chi connectivity index (χ3v) is 4.25. The van der Waals surface area contributed by atoms with Gasteiger partial charge in [0.25, 0.3) is 0 Å².